The molecule has 2 rings (SSSR count). The Bertz CT molecular complexity index is 628. The summed E-state index contributed by atoms with van der Waals surface area (Å²) in [7, 11) is 1.82. The zero-order valence-corrected chi connectivity index (χ0v) is 14.4. The van der Waals surface area contributed by atoms with Gasteiger partial charge >= 0.3 is 5.92 Å². The van der Waals surface area contributed by atoms with Gasteiger partial charge in [0.05, 0.1) is 18.7 Å². The molecule has 134 valence electrons. The van der Waals surface area contributed by atoms with Crippen LogP contribution in [0.25, 0.3) is 0 Å². The second-order valence-corrected chi connectivity index (χ2v) is 6.01. The van der Waals surface area contributed by atoms with E-state index >= 15 is 0 Å². The maximum absolute atomic E-state index is 13.9. The molecule has 24 heavy (non-hydrogen) atoms. The van der Waals surface area contributed by atoms with Crippen LogP contribution in [0.4, 0.5) is 8.78 Å². The van der Waals surface area contributed by atoms with Crippen molar-refractivity contribution in [1.82, 2.24) is 20.0 Å². The Balaban J connectivity index is 2.21. The van der Waals surface area contributed by atoms with Gasteiger partial charge in [-0.15, -0.1) is 0 Å². The lowest BCUT2D eigenvalue weighted by Gasteiger charge is -2.29. The van der Waals surface area contributed by atoms with E-state index in [1.807, 2.05) is 20.9 Å². The van der Waals surface area contributed by atoms with Gasteiger partial charge in [0.15, 0.2) is 0 Å². The van der Waals surface area contributed by atoms with Crippen molar-refractivity contribution >= 4 is 11.8 Å². The lowest BCUT2D eigenvalue weighted by atomic mass is 10.0. The van der Waals surface area contributed by atoms with Crippen molar-refractivity contribution in [3.63, 3.8) is 0 Å². The molecule has 1 aromatic heterocycles. The second-order valence-electron chi connectivity index (χ2n) is 6.01. The molecule has 0 saturated carbocycles. The molecule has 8 heteroatoms. The van der Waals surface area contributed by atoms with Crippen molar-refractivity contribution < 1.29 is 18.4 Å². The summed E-state index contributed by atoms with van der Waals surface area (Å²) in [6.45, 7) is 3.40. The maximum Gasteiger partial charge on any atom is 0.341 e. The molecule has 1 fully saturated rings. The van der Waals surface area contributed by atoms with Gasteiger partial charge in [0.1, 0.15) is 0 Å². The summed E-state index contributed by atoms with van der Waals surface area (Å²) in [5, 5.41) is 6.59. The number of amides is 2. The van der Waals surface area contributed by atoms with Gasteiger partial charge < -0.3 is 10.2 Å². The quantitative estimate of drug-likeness (QED) is 0.890. The van der Waals surface area contributed by atoms with Gasteiger partial charge in [0.25, 0.3) is 5.91 Å². The molecule has 1 saturated heterocycles. The molecule has 0 bridgehead atoms. The first-order chi connectivity index (χ1) is 11.3. The van der Waals surface area contributed by atoms with E-state index in [2.05, 4.69) is 10.4 Å². The van der Waals surface area contributed by atoms with Gasteiger partial charge in [0, 0.05) is 31.4 Å². The molecule has 6 nitrogen and oxygen atoms in total. The van der Waals surface area contributed by atoms with Crippen molar-refractivity contribution in [3.8, 4) is 0 Å². The number of nitrogens with one attached hydrogen (secondary N) is 1. The average Bonchev–Trinajstić information content (AvgIpc) is 2.83. The number of hydrogen-bond acceptors (Lipinski definition) is 3. The van der Waals surface area contributed by atoms with E-state index in [9.17, 15) is 18.4 Å². The summed E-state index contributed by atoms with van der Waals surface area (Å²) in [6.07, 6.45) is 1.89. The van der Waals surface area contributed by atoms with Gasteiger partial charge in [-0.3, -0.25) is 14.3 Å². The number of rotatable bonds is 4. The Kier molecular flexibility index (Phi) is 5.56. The highest BCUT2D eigenvalue weighted by Gasteiger charge is 2.42. The Morgan fingerprint density at radius 2 is 2.04 bits per heavy atom. The SMILES string of the molecule is CCc1nn(C)c(CC)c1CC(=O)N1CCCNC(=O)C(F)(F)C1. The molecule has 0 atom stereocenters. The van der Waals surface area contributed by atoms with Gasteiger partial charge in [-0.2, -0.15) is 13.9 Å². The van der Waals surface area contributed by atoms with Crippen LogP contribution in [0.2, 0.25) is 0 Å². The molecule has 0 spiro atoms. The summed E-state index contributed by atoms with van der Waals surface area (Å²) >= 11 is 0. The van der Waals surface area contributed by atoms with Gasteiger partial charge in [-0.05, 0) is 19.3 Å². The van der Waals surface area contributed by atoms with E-state index in [0.29, 0.717) is 19.3 Å². The average molecular weight is 342 g/mol. The predicted octanol–water partition coefficient (Wildman–Crippen LogP) is 1.07. The van der Waals surface area contributed by atoms with Crippen molar-refractivity contribution in [2.75, 3.05) is 19.6 Å². The highest BCUT2D eigenvalue weighted by Crippen LogP contribution is 2.21. The Labute approximate surface area is 140 Å². The molecule has 0 aliphatic carbocycles. The molecule has 2 heterocycles. The number of carbonyl (C=O) groups excluding carboxylic acids is 2. The van der Waals surface area contributed by atoms with Crippen LogP contribution in [-0.2, 0) is 35.9 Å². The van der Waals surface area contributed by atoms with E-state index in [4.69, 9.17) is 0 Å². The van der Waals surface area contributed by atoms with E-state index in [0.717, 1.165) is 21.9 Å². The number of halogens is 2. The Morgan fingerprint density at radius 3 is 2.67 bits per heavy atom. The standard InChI is InChI=1S/C16H24F2N4O2/c1-4-12-11(13(5-2)21(3)20-12)9-14(23)22-8-6-7-19-15(24)16(17,18)10-22/h4-10H2,1-3H3,(H,19,24). The van der Waals surface area contributed by atoms with Crippen LogP contribution in [0.3, 0.4) is 0 Å². The van der Waals surface area contributed by atoms with Crippen LogP contribution in [0, 0.1) is 0 Å². The minimum absolute atomic E-state index is 0.0396. The molecule has 1 aliphatic rings. The summed E-state index contributed by atoms with van der Waals surface area (Å²) in [5.74, 6) is -5.27. The third-order valence-electron chi connectivity index (χ3n) is 4.32. The number of carbonyl (C=O) groups is 2. The van der Waals surface area contributed by atoms with Crippen LogP contribution >= 0.6 is 0 Å². The summed E-state index contributed by atoms with van der Waals surface area (Å²) in [6, 6.07) is 0. The first kappa shape index (κ1) is 18.4. The van der Waals surface area contributed by atoms with Gasteiger partial charge in [-0.1, -0.05) is 13.8 Å². The smallest absolute Gasteiger partial charge is 0.341 e. The zero-order chi connectivity index (χ0) is 17.9. The maximum atomic E-state index is 13.9. The summed E-state index contributed by atoms with van der Waals surface area (Å²) in [4.78, 5) is 25.1. The van der Waals surface area contributed by atoms with E-state index < -0.39 is 18.4 Å². The topological polar surface area (TPSA) is 67.2 Å². The van der Waals surface area contributed by atoms with Crippen molar-refractivity contribution in [3.05, 3.63) is 17.0 Å². The Morgan fingerprint density at radius 1 is 1.33 bits per heavy atom. The predicted molar refractivity (Wildman–Crippen MR) is 84.8 cm³/mol. The Hall–Kier alpha value is -1.99. The number of aromatic nitrogens is 2. The van der Waals surface area contributed by atoms with Gasteiger partial charge in [-0.25, -0.2) is 0 Å². The number of nitrogens with zero attached hydrogens (tertiary/aromatic N) is 3. The molecule has 0 unspecified atom stereocenters. The van der Waals surface area contributed by atoms with Crippen molar-refractivity contribution in [1.29, 1.82) is 0 Å². The fraction of sp³-hybridized carbons (Fsp3) is 0.688. The number of aryl methyl sites for hydroxylation is 2. The molecular formula is C16H24F2N4O2. The first-order valence-corrected chi connectivity index (χ1v) is 8.27. The zero-order valence-electron chi connectivity index (χ0n) is 14.4. The molecule has 0 radical (unpaired) electrons. The number of alkyl halides is 2. The lowest BCUT2D eigenvalue weighted by molar-refractivity contribution is -0.153. The van der Waals surface area contributed by atoms with Crippen LogP contribution in [-0.4, -0.2) is 52.1 Å². The molecular weight excluding hydrogens is 318 g/mol. The van der Waals surface area contributed by atoms with E-state index in [1.165, 1.54) is 0 Å². The monoisotopic (exact) mass is 342 g/mol. The lowest BCUT2D eigenvalue weighted by Crippen LogP contribution is -2.53. The van der Waals surface area contributed by atoms with E-state index in [1.54, 1.807) is 4.68 Å². The highest BCUT2D eigenvalue weighted by atomic mass is 19.3. The minimum atomic E-state index is -3.56. The van der Waals surface area contributed by atoms with Crippen LogP contribution in [0.5, 0.6) is 0 Å². The summed E-state index contributed by atoms with van der Waals surface area (Å²) in [5.41, 5.74) is 2.58. The van der Waals surface area contributed by atoms with Crippen molar-refractivity contribution in [2.24, 2.45) is 7.05 Å². The molecule has 2 amide bonds. The second kappa shape index (κ2) is 7.27. The van der Waals surface area contributed by atoms with Crippen LogP contribution in [0.15, 0.2) is 0 Å². The molecule has 1 aliphatic heterocycles. The minimum Gasteiger partial charge on any atom is -0.351 e. The molecule has 0 aromatic carbocycles. The molecule has 1 aromatic rings. The normalized spacial score (nSPS) is 18.0. The first-order valence-electron chi connectivity index (χ1n) is 8.27. The highest BCUT2D eigenvalue weighted by molar-refractivity contribution is 5.85. The fourth-order valence-corrected chi connectivity index (χ4v) is 3.06. The van der Waals surface area contributed by atoms with Crippen LogP contribution < -0.4 is 5.32 Å². The third kappa shape index (κ3) is 3.73. The summed E-state index contributed by atoms with van der Waals surface area (Å²) < 4.78 is 29.5. The van der Waals surface area contributed by atoms with Gasteiger partial charge in [0.2, 0.25) is 5.91 Å². The van der Waals surface area contributed by atoms with Crippen molar-refractivity contribution in [2.45, 2.75) is 45.5 Å². The van der Waals surface area contributed by atoms with Crippen LogP contribution in [0.1, 0.15) is 37.2 Å². The number of hydrogen-bond donors (Lipinski definition) is 1. The third-order valence-corrected chi connectivity index (χ3v) is 4.32. The van der Waals surface area contributed by atoms with E-state index in [-0.39, 0.29) is 25.4 Å². The largest absolute Gasteiger partial charge is 0.351 e. The molecule has 1 N–H and O–H groups in total. The fourth-order valence-electron chi connectivity index (χ4n) is 3.06.